The van der Waals surface area contributed by atoms with Crippen molar-refractivity contribution < 1.29 is 9.59 Å². The summed E-state index contributed by atoms with van der Waals surface area (Å²) in [6, 6.07) is 19.0. The van der Waals surface area contributed by atoms with E-state index >= 15 is 0 Å². The van der Waals surface area contributed by atoms with Crippen LogP contribution in [0.1, 0.15) is 23.7 Å². The first-order valence-electron chi connectivity index (χ1n) is 9.44. The van der Waals surface area contributed by atoms with Gasteiger partial charge < -0.3 is 10.6 Å². The lowest BCUT2D eigenvalue weighted by molar-refractivity contribution is -0.115. The molecule has 0 bridgehead atoms. The number of amides is 2. The van der Waals surface area contributed by atoms with E-state index in [0.717, 1.165) is 4.90 Å². The Morgan fingerprint density at radius 1 is 0.839 bits per heavy atom. The molecular weight excluding hydrogens is 475 g/mol. The number of halogens is 3. The number of hydrogen-bond donors (Lipinski definition) is 2. The second kappa shape index (κ2) is 10.9. The molecule has 0 spiro atoms. The molecular formula is C23H19Cl3N2O2S. The van der Waals surface area contributed by atoms with Crippen molar-refractivity contribution >= 4 is 69.8 Å². The molecule has 3 aromatic carbocycles. The first-order chi connectivity index (χ1) is 14.8. The quantitative estimate of drug-likeness (QED) is 0.337. The Morgan fingerprint density at radius 3 is 2.23 bits per heavy atom. The van der Waals surface area contributed by atoms with Crippen LogP contribution in [0.3, 0.4) is 0 Å². The largest absolute Gasteiger partial charge is 0.325 e. The molecule has 31 heavy (non-hydrogen) atoms. The van der Waals surface area contributed by atoms with Gasteiger partial charge in [-0.25, -0.2) is 0 Å². The van der Waals surface area contributed by atoms with E-state index < -0.39 is 0 Å². The van der Waals surface area contributed by atoms with Crippen molar-refractivity contribution in [2.75, 3.05) is 10.6 Å². The Hall–Kier alpha value is -2.18. The van der Waals surface area contributed by atoms with Crippen LogP contribution in [-0.2, 0) is 4.79 Å². The maximum Gasteiger partial charge on any atom is 0.255 e. The first kappa shape index (κ1) is 23.5. The van der Waals surface area contributed by atoms with E-state index in [1.54, 1.807) is 48.5 Å². The van der Waals surface area contributed by atoms with Gasteiger partial charge in [-0.1, -0.05) is 53.9 Å². The highest BCUT2D eigenvalue weighted by atomic mass is 35.5. The van der Waals surface area contributed by atoms with Crippen LogP contribution in [0, 0.1) is 0 Å². The summed E-state index contributed by atoms with van der Waals surface area (Å²) in [7, 11) is 0. The molecule has 0 radical (unpaired) electrons. The van der Waals surface area contributed by atoms with Gasteiger partial charge >= 0.3 is 0 Å². The summed E-state index contributed by atoms with van der Waals surface area (Å²) in [5, 5.41) is 6.78. The molecule has 0 aromatic heterocycles. The van der Waals surface area contributed by atoms with Crippen LogP contribution >= 0.6 is 46.6 Å². The fraction of sp³-hybridized carbons (Fsp3) is 0.130. The first-order valence-corrected chi connectivity index (χ1v) is 11.5. The van der Waals surface area contributed by atoms with E-state index in [1.807, 2.05) is 25.1 Å². The van der Waals surface area contributed by atoms with Crippen molar-refractivity contribution in [1.82, 2.24) is 0 Å². The Balaban J connectivity index is 1.68. The van der Waals surface area contributed by atoms with Gasteiger partial charge in [0.1, 0.15) is 0 Å². The van der Waals surface area contributed by atoms with Crippen LogP contribution in [0.4, 0.5) is 11.4 Å². The number of benzene rings is 3. The Bertz CT molecular complexity index is 1090. The van der Waals surface area contributed by atoms with E-state index in [1.165, 1.54) is 11.8 Å². The second-order valence-corrected chi connectivity index (χ2v) is 9.24. The number of anilines is 2. The second-order valence-electron chi connectivity index (χ2n) is 6.65. The highest BCUT2D eigenvalue weighted by molar-refractivity contribution is 8.00. The number of thioether (sulfide) groups is 1. The van der Waals surface area contributed by atoms with Crippen molar-refractivity contribution in [3.63, 3.8) is 0 Å². The zero-order valence-electron chi connectivity index (χ0n) is 16.5. The molecule has 8 heteroatoms. The molecule has 0 saturated carbocycles. The molecule has 0 aliphatic rings. The van der Waals surface area contributed by atoms with Crippen LogP contribution in [0.2, 0.25) is 15.1 Å². The molecule has 0 aliphatic carbocycles. The summed E-state index contributed by atoms with van der Waals surface area (Å²) >= 11 is 19.4. The van der Waals surface area contributed by atoms with Crippen molar-refractivity contribution in [1.29, 1.82) is 0 Å². The molecule has 0 aliphatic heterocycles. The smallest absolute Gasteiger partial charge is 0.255 e. The lowest BCUT2D eigenvalue weighted by Crippen LogP contribution is -2.24. The lowest BCUT2D eigenvalue weighted by atomic mass is 10.2. The van der Waals surface area contributed by atoms with Gasteiger partial charge in [-0.15, -0.1) is 11.8 Å². The zero-order chi connectivity index (χ0) is 22.4. The van der Waals surface area contributed by atoms with Crippen molar-refractivity contribution in [3.8, 4) is 0 Å². The number of hydrogen-bond acceptors (Lipinski definition) is 3. The SMILES string of the molecule is CCC(Sc1cccc(NC(=O)c2cccc(Cl)c2)c1)C(=O)Nc1cc(Cl)cc(Cl)c1. The fourth-order valence-electron chi connectivity index (χ4n) is 2.82. The standard InChI is InChI=1S/C23H19Cl3N2O2S/c1-2-21(23(30)28-19-11-16(25)10-17(26)12-19)31-20-8-4-7-18(13-20)27-22(29)14-5-3-6-15(24)9-14/h3-13,21H,2H2,1H3,(H,27,29)(H,28,30). The molecule has 0 saturated heterocycles. The van der Waals surface area contributed by atoms with Crippen LogP contribution in [0.25, 0.3) is 0 Å². The van der Waals surface area contributed by atoms with E-state index in [9.17, 15) is 9.59 Å². The third-order valence-corrected chi connectivity index (χ3v) is 6.28. The normalized spacial score (nSPS) is 11.6. The van der Waals surface area contributed by atoms with Crippen LogP contribution in [-0.4, -0.2) is 17.1 Å². The average molecular weight is 494 g/mol. The van der Waals surface area contributed by atoms with Gasteiger partial charge in [-0.3, -0.25) is 9.59 Å². The number of nitrogens with one attached hydrogen (secondary N) is 2. The summed E-state index contributed by atoms with van der Waals surface area (Å²) < 4.78 is 0. The molecule has 0 heterocycles. The lowest BCUT2D eigenvalue weighted by Gasteiger charge is -2.16. The Labute approximate surface area is 200 Å². The van der Waals surface area contributed by atoms with Gasteiger partial charge in [-0.05, 0) is 61.0 Å². The van der Waals surface area contributed by atoms with E-state index in [-0.39, 0.29) is 17.1 Å². The van der Waals surface area contributed by atoms with Crippen LogP contribution < -0.4 is 10.6 Å². The molecule has 160 valence electrons. The molecule has 3 rings (SSSR count). The predicted octanol–water partition coefficient (Wildman–Crippen LogP) is 7.41. The fourth-order valence-corrected chi connectivity index (χ4v) is 4.55. The molecule has 1 atom stereocenters. The number of carbonyl (C=O) groups is 2. The van der Waals surface area contributed by atoms with Gasteiger partial charge in [0.15, 0.2) is 0 Å². The monoisotopic (exact) mass is 492 g/mol. The number of rotatable bonds is 7. The van der Waals surface area contributed by atoms with Crippen molar-refractivity contribution in [3.05, 3.63) is 87.4 Å². The summed E-state index contributed by atoms with van der Waals surface area (Å²) in [4.78, 5) is 26.1. The molecule has 4 nitrogen and oxygen atoms in total. The summed E-state index contributed by atoms with van der Waals surface area (Å²) in [6.07, 6.45) is 0.615. The van der Waals surface area contributed by atoms with Crippen molar-refractivity contribution in [2.24, 2.45) is 0 Å². The maximum absolute atomic E-state index is 12.7. The van der Waals surface area contributed by atoms with Gasteiger partial charge in [0, 0.05) is 36.9 Å². The van der Waals surface area contributed by atoms with Crippen molar-refractivity contribution in [2.45, 2.75) is 23.5 Å². The van der Waals surface area contributed by atoms with Crippen LogP contribution in [0.5, 0.6) is 0 Å². The average Bonchev–Trinajstić information content (AvgIpc) is 2.71. The summed E-state index contributed by atoms with van der Waals surface area (Å²) in [5.41, 5.74) is 1.65. The van der Waals surface area contributed by atoms with Gasteiger partial charge in [0.2, 0.25) is 5.91 Å². The molecule has 2 amide bonds. The molecule has 1 unspecified atom stereocenters. The van der Waals surface area contributed by atoms with Crippen LogP contribution in [0.15, 0.2) is 71.6 Å². The third kappa shape index (κ3) is 6.91. The van der Waals surface area contributed by atoms with Gasteiger partial charge in [0.25, 0.3) is 5.91 Å². The van der Waals surface area contributed by atoms with E-state index in [4.69, 9.17) is 34.8 Å². The maximum atomic E-state index is 12.7. The summed E-state index contributed by atoms with van der Waals surface area (Å²) in [6.45, 7) is 1.94. The molecule has 3 aromatic rings. The van der Waals surface area contributed by atoms with E-state index in [0.29, 0.717) is 38.4 Å². The minimum atomic E-state index is -0.336. The predicted molar refractivity (Wildman–Crippen MR) is 131 cm³/mol. The molecule has 0 fully saturated rings. The van der Waals surface area contributed by atoms with Gasteiger partial charge in [0.05, 0.1) is 5.25 Å². The number of carbonyl (C=O) groups excluding carboxylic acids is 2. The minimum absolute atomic E-state index is 0.154. The molecule has 2 N–H and O–H groups in total. The topological polar surface area (TPSA) is 58.2 Å². The van der Waals surface area contributed by atoms with Gasteiger partial charge in [-0.2, -0.15) is 0 Å². The zero-order valence-corrected chi connectivity index (χ0v) is 19.6. The highest BCUT2D eigenvalue weighted by Crippen LogP contribution is 2.30. The third-order valence-electron chi connectivity index (χ3n) is 4.25. The highest BCUT2D eigenvalue weighted by Gasteiger charge is 2.19. The summed E-state index contributed by atoms with van der Waals surface area (Å²) in [5.74, 6) is -0.411. The Kier molecular flexibility index (Phi) is 8.27. The van der Waals surface area contributed by atoms with E-state index in [2.05, 4.69) is 10.6 Å². The Morgan fingerprint density at radius 2 is 1.55 bits per heavy atom. The minimum Gasteiger partial charge on any atom is -0.325 e.